The zero-order valence-electron chi connectivity index (χ0n) is 14.1. The molecule has 4 nitrogen and oxygen atoms in total. The lowest BCUT2D eigenvalue weighted by atomic mass is 9.59. The molecule has 0 atom stereocenters. The molecule has 5 rings (SSSR count). The molecule has 2 N–H and O–H groups in total. The van der Waals surface area contributed by atoms with E-state index in [4.69, 9.17) is 5.73 Å². The number of aromatic nitrogens is 1. The van der Waals surface area contributed by atoms with Crippen LogP contribution in [0.15, 0.2) is 18.2 Å². The number of hydrogen-bond acceptors (Lipinski definition) is 2. The number of amides is 1. The van der Waals surface area contributed by atoms with E-state index in [2.05, 4.69) is 10.6 Å². The van der Waals surface area contributed by atoms with Gasteiger partial charge in [0.25, 0.3) is 5.91 Å². The molecular weight excluding hydrogens is 298 g/mol. The van der Waals surface area contributed by atoms with Gasteiger partial charge in [-0.3, -0.25) is 4.79 Å². The topological polar surface area (TPSA) is 71.8 Å². The summed E-state index contributed by atoms with van der Waals surface area (Å²) in [7, 11) is 2.00. The summed E-state index contributed by atoms with van der Waals surface area (Å²) in [4.78, 5) is 12.3. The summed E-state index contributed by atoms with van der Waals surface area (Å²) >= 11 is 0. The first kappa shape index (κ1) is 15.3. The molecule has 4 heteroatoms. The summed E-state index contributed by atoms with van der Waals surface area (Å²) in [5.41, 5.74) is 9.11. The first-order valence-electron chi connectivity index (χ1n) is 8.85. The molecule has 3 aliphatic rings. The lowest BCUT2D eigenvalue weighted by Gasteiger charge is -2.47. The Balaban J connectivity index is 1.89. The molecule has 0 radical (unpaired) electrons. The van der Waals surface area contributed by atoms with Crippen LogP contribution in [-0.2, 0) is 13.5 Å². The highest BCUT2D eigenvalue weighted by Crippen LogP contribution is 2.52. The Bertz CT molecular complexity index is 849. The number of nitriles is 1. The van der Waals surface area contributed by atoms with Crippen LogP contribution in [0.25, 0.3) is 10.9 Å². The minimum atomic E-state index is -0.417. The van der Waals surface area contributed by atoms with Crippen LogP contribution in [0.4, 0.5) is 0 Å². The molecule has 2 bridgehead atoms. The molecule has 0 saturated heterocycles. The first-order valence-corrected chi connectivity index (χ1v) is 8.85. The van der Waals surface area contributed by atoms with Gasteiger partial charge in [-0.05, 0) is 68.4 Å². The van der Waals surface area contributed by atoms with Gasteiger partial charge in [0.15, 0.2) is 0 Å². The summed E-state index contributed by atoms with van der Waals surface area (Å²) in [5, 5.41) is 10.2. The number of hydrogen-bond donors (Lipinski definition) is 1. The van der Waals surface area contributed by atoms with E-state index in [0.717, 1.165) is 28.9 Å². The predicted octanol–water partition coefficient (Wildman–Crippen LogP) is 3.66. The van der Waals surface area contributed by atoms with Gasteiger partial charge in [-0.1, -0.05) is 6.07 Å². The van der Waals surface area contributed by atoms with Crippen LogP contribution in [0.3, 0.4) is 0 Å². The molecule has 0 aliphatic heterocycles. The summed E-state index contributed by atoms with van der Waals surface area (Å²) in [6.45, 7) is 0. The van der Waals surface area contributed by atoms with Crippen molar-refractivity contribution in [3.05, 3.63) is 35.0 Å². The van der Waals surface area contributed by atoms with E-state index in [9.17, 15) is 10.1 Å². The van der Waals surface area contributed by atoms with Crippen molar-refractivity contribution in [2.24, 2.45) is 24.1 Å². The Hall–Kier alpha value is -2.28. The molecule has 3 saturated carbocycles. The van der Waals surface area contributed by atoms with Crippen LogP contribution < -0.4 is 5.73 Å². The van der Waals surface area contributed by atoms with Crippen LogP contribution in [-0.4, -0.2) is 10.5 Å². The summed E-state index contributed by atoms with van der Waals surface area (Å²) in [6.07, 6.45) is 8.61. The van der Waals surface area contributed by atoms with Gasteiger partial charge in [0.05, 0.1) is 22.7 Å². The van der Waals surface area contributed by atoms with Crippen molar-refractivity contribution in [1.29, 1.82) is 5.26 Å². The van der Waals surface area contributed by atoms with Gasteiger partial charge in [0, 0.05) is 18.1 Å². The fourth-order valence-electron chi connectivity index (χ4n) is 5.06. The fourth-order valence-corrected chi connectivity index (χ4v) is 5.06. The molecule has 1 amide bonds. The van der Waals surface area contributed by atoms with Gasteiger partial charge in [0.1, 0.15) is 0 Å². The van der Waals surface area contributed by atoms with E-state index in [1.807, 2.05) is 19.2 Å². The van der Waals surface area contributed by atoms with Crippen molar-refractivity contribution in [2.45, 2.75) is 44.9 Å². The van der Waals surface area contributed by atoms with Gasteiger partial charge < -0.3 is 10.3 Å². The normalized spacial score (nSPS) is 25.8. The zero-order chi connectivity index (χ0) is 16.9. The molecule has 2 aromatic rings. The van der Waals surface area contributed by atoms with E-state index in [0.29, 0.717) is 16.5 Å². The van der Waals surface area contributed by atoms with Crippen molar-refractivity contribution in [3.8, 4) is 6.07 Å². The van der Waals surface area contributed by atoms with Crippen molar-refractivity contribution in [2.75, 3.05) is 0 Å². The average Bonchev–Trinajstić information content (AvgIpc) is 2.88. The van der Waals surface area contributed by atoms with E-state index in [-0.39, 0.29) is 0 Å². The fraction of sp³-hybridized carbons (Fsp3) is 0.500. The summed E-state index contributed by atoms with van der Waals surface area (Å²) in [5.74, 6) is 0.499. The minimum Gasteiger partial charge on any atom is -0.366 e. The SMILES string of the molecule is Cn1c(CC23CCC(CC2)CC3)c(C(N)=O)c2c(C#N)cccc21. The third-order valence-corrected chi connectivity index (χ3v) is 6.51. The van der Waals surface area contributed by atoms with Crippen molar-refractivity contribution in [3.63, 3.8) is 0 Å². The zero-order valence-corrected chi connectivity index (χ0v) is 14.1. The van der Waals surface area contributed by atoms with E-state index in [1.165, 1.54) is 38.5 Å². The number of benzene rings is 1. The van der Waals surface area contributed by atoms with Gasteiger partial charge in [-0.2, -0.15) is 5.26 Å². The Kier molecular flexibility index (Phi) is 3.42. The summed E-state index contributed by atoms with van der Waals surface area (Å²) < 4.78 is 2.09. The van der Waals surface area contributed by atoms with Gasteiger partial charge in [0.2, 0.25) is 0 Å². The Morgan fingerprint density at radius 3 is 2.58 bits per heavy atom. The number of primary amides is 1. The smallest absolute Gasteiger partial charge is 0.251 e. The molecule has 1 heterocycles. The third-order valence-electron chi connectivity index (χ3n) is 6.51. The van der Waals surface area contributed by atoms with E-state index in [1.54, 1.807) is 6.07 Å². The second-order valence-electron chi connectivity index (χ2n) is 7.72. The molecule has 1 aromatic carbocycles. The minimum absolute atomic E-state index is 0.313. The van der Waals surface area contributed by atoms with E-state index >= 15 is 0 Å². The second-order valence-corrected chi connectivity index (χ2v) is 7.72. The van der Waals surface area contributed by atoms with E-state index < -0.39 is 5.91 Å². The lowest BCUT2D eigenvalue weighted by molar-refractivity contribution is 0.0636. The molecule has 3 fully saturated rings. The van der Waals surface area contributed by atoms with Crippen molar-refractivity contribution >= 4 is 16.8 Å². The maximum atomic E-state index is 12.3. The molecule has 3 aliphatic carbocycles. The van der Waals surface area contributed by atoms with Gasteiger partial charge >= 0.3 is 0 Å². The highest BCUT2D eigenvalue weighted by atomic mass is 16.1. The summed E-state index contributed by atoms with van der Waals surface area (Å²) in [6, 6.07) is 7.83. The van der Waals surface area contributed by atoms with Crippen LogP contribution in [0.5, 0.6) is 0 Å². The highest BCUT2D eigenvalue weighted by Gasteiger charge is 2.41. The molecule has 0 unspecified atom stereocenters. The molecule has 0 spiro atoms. The maximum Gasteiger partial charge on any atom is 0.251 e. The molecular formula is C20H23N3O. The van der Waals surface area contributed by atoms with Gasteiger partial charge in [-0.15, -0.1) is 0 Å². The number of nitrogens with zero attached hydrogens (tertiary/aromatic N) is 2. The number of fused-ring (bicyclic) bond motifs is 4. The lowest BCUT2D eigenvalue weighted by Crippen LogP contribution is -2.36. The standard InChI is InChI=1S/C20H23N3O/c1-23-15-4-2-3-14(12-21)17(15)18(19(22)24)16(23)11-20-8-5-13(6-9-20)7-10-20/h2-4,13H,5-11H2,1H3,(H2,22,24). The Morgan fingerprint density at radius 1 is 1.33 bits per heavy atom. The number of nitrogens with two attached hydrogens (primary N) is 1. The first-order chi connectivity index (χ1) is 11.5. The molecule has 1 aromatic heterocycles. The monoisotopic (exact) mass is 321 g/mol. The Labute approximate surface area is 142 Å². The van der Waals surface area contributed by atoms with Crippen LogP contribution in [0.1, 0.15) is 60.1 Å². The Morgan fingerprint density at radius 2 is 2.00 bits per heavy atom. The average molecular weight is 321 g/mol. The van der Waals surface area contributed by atoms with Gasteiger partial charge in [-0.25, -0.2) is 0 Å². The quantitative estimate of drug-likeness (QED) is 0.937. The molecule has 124 valence electrons. The van der Waals surface area contributed by atoms with Crippen molar-refractivity contribution in [1.82, 2.24) is 4.57 Å². The van der Waals surface area contributed by atoms with Crippen LogP contribution in [0, 0.1) is 22.7 Å². The highest BCUT2D eigenvalue weighted by molar-refractivity contribution is 6.09. The second kappa shape index (κ2) is 5.37. The third kappa shape index (κ3) is 2.15. The molecule has 24 heavy (non-hydrogen) atoms. The van der Waals surface area contributed by atoms with Crippen LogP contribution in [0.2, 0.25) is 0 Å². The van der Waals surface area contributed by atoms with Crippen LogP contribution >= 0.6 is 0 Å². The number of aryl methyl sites for hydroxylation is 1. The number of carbonyl (C=O) groups excluding carboxylic acids is 1. The predicted molar refractivity (Wildman–Crippen MR) is 93.5 cm³/mol. The number of carbonyl (C=O) groups is 1. The number of rotatable bonds is 3. The maximum absolute atomic E-state index is 12.3. The largest absolute Gasteiger partial charge is 0.366 e. The van der Waals surface area contributed by atoms with Crippen molar-refractivity contribution < 1.29 is 4.79 Å².